The number of nitrogens with zero attached hydrogens (tertiary/aromatic N) is 3. The molecule has 0 spiro atoms. The highest BCUT2D eigenvalue weighted by Crippen LogP contribution is 2.10. The lowest BCUT2D eigenvalue weighted by molar-refractivity contribution is -0.118. The molecule has 1 heterocycles. The summed E-state index contributed by atoms with van der Waals surface area (Å²) in [5.41, 5.74) is 0. The van der Waals surface area contributed by atoms with Crippen molar-refractivity contribution in [3.8, 4) is 6.01 Å². The van der Waals surface area contributed by atoms with E-state index in [1.54, 1.807) is 0 Å². The number of hydrogen-bond donors (Lipinski definition) is 2. The normalized spacial score (nSPS) is 9.82. The molecule has 0 aromatic carbocycles. The van der Waals surface area contributed by atoms with Crippen LogP contribution in [0, 0.1) is 0 Å². The van der Waals surface area contributed by atoms with E-state index in [9.17, 15) is 4.79 Å². The second-order valence-electron chi connectivity index (χ2n) is 3.05. The quantitative estimate of drug-likeness (QED) is 0.722. The molecule has 0 saturated carbocycles. The van der Waals surface area contributed by atoms with Gasteiger partial charge >= 0.3 is 6.01 Å². The topological polar surface area (TPSA) is 89.0 Å². The van der Waals surface area contributed by atoms with Crippen molar-refractivity contribution in [2.24, 2.45) is 0 Å². The summed E-state index contributed by atoms with van der Waals surface area (Å²) < 4.78 is 5.12. The SMILES string of the molecule is CCOc1nc(Cl)nc(NCCNC(C)=O)n1. The molecule has 94 valence electrons. The highest BCUT2D eigenvalue weighted by Gasteiger charge is 2.04. The highest BCUT2D eigenvalue weighted by atomic mass is 35.5. The van der Waals surface area contributed by atoms with Crippen molar-refractivity contribution >= 4 is 23.5 Å². The number of carbonyl (C=O) groups is 1. The maximum atomic E-state index is 10.6. The van der Waals surface area contributed by atoms with Gasteiger partial charge in [0.2, 0.25) is 17.1 Å². The zero-order chi connectivity index (χ0) is 12.7. The third-order valence-electron chi connectivity index (χ3n) is 1.64. The van der Waals surface area contributed by atoms with E-state index in [0.717, 1.165) is 0 Å². The lowest BCUT2D eigenvalue weighted by Gasteiger charge is -2.06. The molecule has 0 bridgehead atoms. The van der Waals surface area contributed by atoms with Crippen LogP contribution in [0.25, 0.3) is 0 Å². The monoisotopic (exact) mass is 259 g/mol. The van der Waals surface area contributed by atoms with Crippen molar-refractivity contribution in [2.75, 3.05) is 25.0 Å². The first kappa shape index (κ1) is 13.4. The third-order valence-corrected chi connectivity index (χ3v) is 1.81. The van der Waals surface area contributed by atoms with Crippen LogP contribution >= 0.6 is 11.6 Å². The number of anilines is 1. The van der Waals surface area contributed by atoms with Gasteiger partial charge in [-0.3, -0.25) is 4.79 Å². The second-order valence-corrected chi connectivity index (χ2v) is 3.39. The summed E-state index contributed by atoms with van der Waals surface area (Å²) in [5.74, 6) is 0.231. The van der Waals surface area contributed by atoms with Gasteiger partial charge in [0.05, 0.1) is 6.61 Å². The van der Waals surface area contributed by atoms with E-state index in [1.807, 2.05) is 6.92 Å². The van der Waals surface area contributed by atoms with E-state index in [-0.39, 0.29) is 17.2 Å². The van der Waals surface area contributed by atoms with Crippen LogP contribution in [0.15, 0.2) is 0 Å². The van der Waals surface area contributed by atoms with Crippen LogP contribution in [-0.4, -0.2) is 40.6 Å². The van der Waals surface area contributed by atoms with E-state index in [2.05, 4.69) is 25.6 Å². The maximum Gasteiger partial charge on any atom is 0.322 e. The Balaban J connectivity index is 2.49. The van der Waals surface area contributed by atoms with Crippen LogP contribution < -0.4 is 15.4 Å². The Bertz CT molecular complexity index is 388. The van der Waals surface area contributed by atoms with Crippen LogP contribution in [0.2, 0.25) is 5.28 Å². The standard InChI is InChI=1S/C9H14ClN5O2/c1-3-17-9-14-7(10)13-8(15-9)12-5-4-11-6(2)16/h3-5H2,1-2H3,(H,11,16)(H,12,13,14,15). The van der Waals surface area contributed by atoms with Crippen molar-refractivity contribution in [1.82, 2.24) is 20.3 Å². The summed E-state index contributed by atoms with van der Waals surface area (Å²) in [6, 6.07) is 0.175. The average molecular weight is 260 g/mol. The molecule has 1 aromatic heterocycles. The van der Waals surface area contributed by atoms with Crippen LogP contribution in [-0.2, 0) is 4.79 Å². The minimum atomic E-state index is -0.0875. The van der Waals surface area contributed by atoms with Gasteiger partial charge in [-0.15, -0.1) is 0 Å². The molecule has 0 saturated heterocycles. The van der Waals surface area contributed by atoms with Gasteiger partial charge in [-0.25, -0.2) is 0 Å². The molecule has 0 fully saturated rings. The Hall–Kier alpha value is -1.63. The molecule has 8 heteroatoms. The molecule has 0 unspecified atom stereocenters. The first-order chi connectivity index (χ1) is 8.11. The van der Waals surface area contributed by atoms with Gasteiger partial charge in [0.15, 0.2) is 0 Å². The van der Waals surface area contributed by atoms with E-state index in [4.69, 9.17) is 16.3 Å². The second kappa shape index (κ2) is 6.85. The predicted octanol–water partition coefficient (Wildman–Crippen LogP) is 0.472. The summed E-state index contributed by atoms with van der Waals surface area (Å²) in [6.07, 6.45) is 0. The average Bonchev–Trinajstić information content (AvgIpc) is 2.24. The van der Waals surface area contributed by atoms with Gasteiger partial charge in [0, 0.05) is 20.0 Å². The fourth-order valence-corrected chi connectivity index (χ4v) is 1.17. The van der Waals surface area contributed by atoms with Gasteiger partial charge in [-0.2, -0.15) is 15.0 Å². The molecule has 0 aliphatic carbocycles. The number of hydrogen-bond acceptors (Lipinski definition) is 6. The number of rotatable bonds is 6. The summed E-state index contributed by atoms with van der Waals surface area (Å²) >= 11 is 5.70. The zero-order valence-electron chi connectivity index (χ0n) is 9.66. The van der Waals surface area contributed by atoms with Crippen LogP contribution in [0.3, 0.4) is 0 Å². The minimum Gasteiger partial charge on any atom is -0.464 e. The number of ether oxygens (including phenoxy) is 1. The highest BCUT2D eigenvalue weighted by molar-refractivity contribution is 6.28. The van der Waals surface area contributed by atoms with Crippen LogP contribution in [0.4, 0.5) is 5.95 Å². The summed E-state index contributed by atoms with van der Waals surface area (Å²) in [6.45, 7) is 4.69. The minimum absolute atomic E-state index is 0.0606. The van der Waals surface area contributed by atoms with Crippen LogP contribution in [0.1, 0.15) is 13.8 Å². The Morgan fingerprint density at radius 2 is 2.12 bits per heavy atom. The fourth-order valence-electron chi connectivity index (χ4n) is 1.02. The number of aromatic nitrogens is 3. The first-order valence-electron chi connectivity index (χ1n) is 5.14. The Morgan fingerprint density at radius 1 is 1.35 bits per heavy atom. The molecule has 17 heavy (non-hydrogen) atoms. The van der Waals surface area contributed by atoms with Gasteiger partial charge < -0.3 is 15.4 Å². The van der Waals surface area contributed by atoms with E-state index in [0.29, 0.717) is 25.6 Å². The van der Waals surface area contributed by atoms with Gasteiger partial charge in [0.1, 0.15) is 0 Å². The molecular weight excluding hydrogens is 246 g/mol. The Labute approximate surface area is 104 Å². The van der Waals surface area contributed by atoms with Crippen molar-refractivity contribution in [3.05, 3.63) is 5.28 Å². The number of halogens is 1. The summed E-state index contributed by atoms with van der Waals surface area (Å²) in [7, 11) is 0. The van der Waals surface area contributed by atoms with E-state index >= 15 is 0 Å². The summed E-state index contributed by atoms with van der Waals surface area (Å²) in [4.78, 5) is 22.3. The van der Waals surface area contributed by atoms with Gasteiger partial charge in [-0.05, 0) is 18.5 Å². The van der Waals surface area contributed by atoms with E-state index < -0.39 is 0 Å². The zero-order valence-corrected chi connectivity index (χ0v) is 10.4. The Morgan fingerprint density at radius 3 is 2.76 bits per heavy atom. The molecular formula is C9H14ClN5O2. The lowest BCUT2D eigenvalue weighted by atomic mass is 10.6. The lowest BCUT2D eigenvalue weighted by Crippen LogP contribution is -2.26. The molecule has 7 nitrogen and oxygen atoms in total. The third kappa shape index (κ3) is 5.30. The molecule has 0 radical (unpaired) electrons. The maximum absolute atomic E-state index is 10.6. The number of carbonyl (C=O) groups excluding carboxylic acids is 1. The van der Waals surface area contributed by atoms with Crippen molar-refractivity contribution < 1.29 is 9.53 Å². The molecule has 0 aliphatic rings. The van der Waals surface area contributed by atoms with E-state index in [1.165, 1.54) is 6.92 Å². The first-order valence-corrected chi connectivity index (χ1v) is 5.52. The fraction of sp³-hybridized carbons (Fsp3) is 0.556. The molecule has 1 amide bonds. The molecule has 0 aliphatic heterocycles. The molecule has 1 aromatic rings. The number of nitrogens with one attached hydrogen (secondary N) is 2. The summed E-state index contributed by atoms with van der Waals surface area (Å²) in [5, 5.41) is 5.59. The molecule has 1 rings (SSSR count). The van der Waals surface area contributed by atoms with Gasteiger partial charge in [0.25, 0.3) is 0 Å². The van der Waals surface area contributed by atoms with Crippen molar-refractivity contribution in [3.63, 3.8) is 0 Å². The number of amides is 1. The van der Waals surface area contributed by atoms with Crippen LogP contribution in [0.5, 0.6) is 6.01 Å². The smallest absolute Gasteiger partial charge is 0.322 e. The largest absolute Gasteiger partial charge is 0.464 e. The van der Waals surface area contributed by atoms with Gasteiger partial charge in [-0.1, -0.05) is 0 Å². The molecule has 0 atom stereocenters. The Kier molecular flexibility index (Phi) is 5.41. The predicted molar refractivity (Wildman–Crippen MR) is 63.2 cm³/mol. The molecule has 2 N–H and O–H groups in total. The van der Waals surface area contributed by atoms with Crippen molar-refractivity contribution in [2.45, 2.75) is 13.8 Å². The van der Waals surface area contributed by atoms with Crippen molar-refractivity contribution in [1.29, 1.82) is 0 Å².